The van der Waals surface area contributed by atoms with Crippen LogP contribution in [0, 0.1) is 12.8 Å². The van der Waals surface area contributed by atoms with Crippen LogP contribution < -0.4 is 5.73 Å². The highest BCUT2D eigenvalue weighted by Crippen LogP contribution is 2.33. The lowest BCUT2D eigenvalue weighted by atomic mass is 9.75. The molecule has 0 bridgehead atoms. The third-order valence-corrected chi connectivity index (χ3v) is 5.64. The van der Waals surface area contributed by atoms with Gasteiger partial charge in [-0.1, -0.05) is 75.8 Å². The van der Waals surface area contributed by atoms with Gasteiger partial charge >= 0.3 is 0 Å². The van der Waals surface area contributed by atoms with Gasteiger partial charge in [-0.2, -0.15) is 0 Å². The number of unbranched alkanes of at least 4 members (excludes halogenated alkanes) is 2. The summed E-state index contributed by atoms with van der Waals surface area (Å²) in [5.74, 6) is 0.372. The van der Waals surface area contributed by atoms with Gasteiger partial charge < -0.3 is 5.73 Å². The van der Waals surface area contributed by atoms with E-state index in [1.165, 1.54) is 41.5 Å². The lowest BCUT2D eigenvalue weighted by Crippen LogP contribution is -2.45. The Morgan fingerprint density at radius 2 is 1.96 bits per heavy atom. The Morgan fingerprint density at radius 1 is 1.20 bits per heavy atom. The van der Waals surface area contributed by atoms with Crippen molar-refractivity contribution in [1.82, 2.24) is 0 Å². The maximum absolute atomic E-state index is 6.82. The van der Waals surface area contributed by atoms with Crippen molar-refractivity contribution in [2.24, 2.45) is 11.7 Å². The van der Waals surface area contributed by atoms with Crippen LogP contribution in [0.4, 0.5) is 0 Å². The van der Waals surface area contributed by atoms with Gasteiger partial charge in [-0.3, -0.25) is 0 Å². The SMILES string of the molecule is C=C(CCCCC)C1=CC(N)(CCCc2ccccc2C)C(C)C=C1. The summed E-state index contributed by atoms with van der Waals surface area (Å²) >= 11 is 0. The average Bonchev–Trinajstić information content (AvgIpc) is 2.59. The highest BCUT2D eigenvalue weighted by atomic mass is 14.7. The Labute approximate surface area is 154 Å². The molecule has 0 fully saturated rings. The molecule has 2 N–H and O–H groups in total. The molecule has 1 nitrogen and oxygen atoms in total. The molecule has 0 saturated heterocycles. The predicted molar refractivity (Wildman–Crippen MR) is 111 cm³/mol. The Morgan fingerprint density at radius 3 is 2.68 bits per heavy atom. The molecule has 1 heteroatoms. The zero-order valence-corrected chi connectivity index (χ0v) is 16.4. The minimum atomic E-state index is -0.250. The first-order valence-electron chi connectivity index (χ1n) is 9.89. The van der Waals surface area contributed by atoms with Crippen LogP contribution in [0.15, 0.2) is 60.2 Å². The lowest BCUT2D eigenvalue weighted by molar-refractivity contribution is 0.375. The Hall–Kier alpha value is -1.60. The molecule has 1 aromatic rings. The number of rotatable bonds is 9. The highest BCUT2D eigenvalue weighted by molar-refractivity contribution is 5.44. The van der Waals surface area contributed by atoms with Gasteiger partial charge in [0.1, 0.15) is 0 Å². The summed E-state index contributed by atoms with van der Waals surface area (Å²) in [7, 11) is 0. The fourth-order valence-electron chi connectivity index (χ4n) is 3.62. The topological polar surface area (TPSA) is 26.0 Å². The lowest BCUT2D eigenvalue weighted by Gasteiger charge is -2.35. The van der Waals surface area contributed by atoms with Crippen LogP contribution in [0.1, 0.15) is 63.5 Å². The van der Waals surface area contributed by atoms with Gasteiger partial charge in [0.25, 0.3) is 0 Å². The number of hydrogen-bond donors (Lipinski definition) is 1. The first-order valence-corrected chi connectivity index (χ1v) is 9.89. The van der Waals surface area contributed by atoms with E-state index in [4.69, 9.17) is 5.73 Å². The van der Waals surface area contributed by atoms with Crippen LogP contribution in [-0.4, -0.2) is 5.54 Å². The third kappa shape index (κ3) is 5.44. The standard InChI is InChI=1S/C24H35N/c1-5-6-7-11-20(3)23-16-15-21(4)24(25,18-23)17-10-14-22-13-9-8-12-19(22)2/h8-9,12-13,15-16,18,21H,3,5-7,10-11,14,17,25H2,1-2,4H3. The van der Waals surface area contributed by atoms with Crippen LogP contribution in [0.5, 0.6) is 0 Å². The van der Waals surface area contributed by atoms with Crippen LogP contribution in [0.3, 0.4) is 0 Å². The normalized spacial score (nSPS) is 22.7. The van der Waals surface area contributed by atoms with Crippen molar-refractivity contribution in [3.05, 3.63) is 71.3 Å². The molecule has 1 aromatic carbocycles. The minimum Gasteiger partial charge on any atom is -0.321 e. The summed E-state index contributed by atoms with van der Waals surface area (Å²) < 4.78 is 0. The van der Waals surface area contributed by atoms with E-state index in [0.717, 1.165) is 25.7 Å². The summed E-state index contributed by atoms with van der Waals surface area (Å²) in [6.45, 7) is 11.0. The van der Waals surface area contributed by atoms with E-state index in [0.29, 0.717) is 5.92 Å². The van der Waals surface area contributed by atoms with E-state index in [9.17, 15) is 0 Å². The molecule has 0 saturated carbocycles. The second-order valence-corrected chi connectivity index (χ2v) is 7.70. The molecule has 0 radical (unpaired) electrons. The van der Waals surface area contributed by atoms with Crippen molar-refractivity contribution in [2.75, 3.05) is 0 Å². The molecule has 1 aliphatic rings. The minimum absolute atomic E-state index is 0.250. The van der Waals surface area contributed by atoms with Gasteiger partial charge in [0.15, 0.2) is 0 Å². The molecule has 0 amide bonds. The fourth-order valence-corrected chi connectivity index (χ4v) is 3.62. The van der Waals surface area contributed by atoms with E-state index in [-0.39, 0.29) is 5.54 Å². The predicted octanol–water partition coefficient (Wildman–Crippen LogP) is 6.28. The molecule has 2 rings (SSSR count). The first-order chi connectivity index (χ1) is 12.0. The second kappa shape index (κ2) is 9.20. The summed E-state index contributed by atoms with van der Waals surface area (Å²) in [5.41, 5.74) is 11.9. The van der Waals surface area contributed by atoms with Crippen LogP contribution in [-0.2, 0) is 6.42 Å². The van der Waals surface area contributed by atoms with Gasteiger partial charge in [0, 0.05) is 5.54 Å². The van der Waals surface area contributed by atoms with Crippen LogP contribution >= 0.6 is 0 Å². The van der Waals surface area contributed by atoms with Crippen molar-refractivity contribution >= 4 is 0 Å². The molecular weight excluding hydrogens is 302 g/mol. The van der Waals surface area contributed by atoms with E-state index in [2.05, 4.69) is 69.8 Å². The molecule has 0 aromatic heterocycles. The first kappa shape index (κ1) is 19.7. The van der Waals surface area contributed by atoms with Gasteiger partial charge in [-0.25, -0.2) is 0 Å². The zero-order chi connectivity index (χ0) is 18.3. The maximum atomic E-state index is 6.82. The molecule has 0 heterocycles. The van der Waals surface area contributed by atoms with Crippen molar-refractivity contribution in [3.8, 4) is 0 Å². The largest absolute Gasteiger partial charge is 0.321 e. The molecule has 0 spiro atoms. The van der Waals surface area contributed by atoms with E-state index in [1.807, 2.05) is 0 Å². The maximum Gasteiger partial charge on any atom is 0.0409 e. The second-order valence-electron chi connectivity index (χ2n) is 7.70. The van der Waals surface area contributed by atoms with Crippen LogP contribution in [0.25, 0.3) is 0 Å². The number of allylic oxidation sites excluding steroid dienone is 3. The highest BCUT2D eigenvalue weighted by Gasteiger charge is 2.30. The molecule has 136 valence electrons. The summed E-state index contributed by atoms with van der Waals surface area (Å²) in [5, 5.41) is 0. The van der Waals surface area contributed by atoms with E-state index < -0.39 is 0 Å². The molecule has 25 heavy (non-hydrogen) atoms. The molecule has 1 aliphatic carbocycles. The zero-order valence-electron chi connectivity index (χ0n) is 16.4. The van der Waals surface area contributed by atoms with E-state index in [1.54, 1.807) is 0 Å². The Balaban J connectivity index is 1.98. The van der Waals surface area contributed by atoms with Crippen molar-refractivity contribution in [1.29, 1.82) is 0 Å². The third-order valence-electron chi connectivity index (χ3n) is 5.64. The fraction of sp³-hybridized carbons (Fsp3) is 0.500. The van der Waals surface area contributed by atoms with E-state index >= 15 is 0 Å². The average molecular weight is 338 g/mol. The summed E-state index contributed by atoms with van der Waals surface area (Å²) in [4.78, 5) is 0. The van der Waals surface area contributed by atoms with Crippen molar-refractivity contribution in [2.45, 2.75) is 71.3 Å². The van der Waals surface area contributed by atoms with Crippen LogP contribution in [0.2, 0.25) is 0 Å². The number of benzene rings is 1. The molecule has 0 aliphatic heterocycles. The summed E-state index contributed by atoms with van der Waals surface area (Å²) in [6.07, 6.45) is 14.9. The number of nitrogens with two attached hydrogens (primary N) is 1. The van der Waals surface area contributed by atoms with Crippen molar-refractivity contribution < 1.29 is 0 Å². The quantitative estimate of drug-likeness (QED) is 0.527. The molecular formula is C24H35N. The monoisotopic (exact) mass is 337 g/mol. The number of hydrogen-bond acceptors (Lipinski definition) is 1. The Kier molecular flexibility index (Phi) is 7.25. The Bertz CT molecular complexity index is 637. The van der Waals surface area contributed by atoms with Crippen molar-refractivity contribution in [3.63, 3.8) is 0 Å². The smallest absolute Gasteiger partial charge is 0.0409 e. The molecule has 2 atom stereocenters. The van der Waals surface area contributed by atoms with Gasteiger partial charge in [-0.15, -0.1) is 0 Å². The van der Waals surface area contributed by atoms with Gasteiger partial charge in [-0.05, 0) is 67.2 Å². The molecule has 2 unspecified atom stereocenters. The van der Waals surface area contributed by atoms with Gasteiger partial charge in [0.05, 0.1) is 0 Å². The summed E-state index contributed by atoms with van der Waals surface area (Å²) in [6, 6.07) is 8.67. The van der Waals surface area contributed by atoms with Gasteiger partial charge in [0.2, 0.25) is 0 Å². The number of aryl methyl sites for hydroxylation is 2.